The van der Waals surface area contributed by atoms with Crippen LogP contribution in [0, 0.1) is 17.6 Å². The van der Waals surface area contributed by atoms with Crippen LogP contribution >= 0.6 is 0 Å². The summed E-state index contributed by atoms with van der Waals surface area (Å²) in [5, 5.41) is 6.61. The molecule has 1 unspecified atom stereocenters. The van der Waals surface area contributed by atoms with Crippen LogP contribution in [-0.2, 0) is 9.53 Å². The van der Waals surface area contributed by atoms with Gasteiger partial charge in [0.15, 0.2) is 17.6 Å². The van der Waals surface area contributed by atoms with Crippen molar-refractivity contribution in [3.05, 3.63) is 35.4 Å². The minimum Gasteiger partial charge on any atom is -0.466 e. The zero-order valence-electron chi connectivity index (χ0n) is 16.2. The van der Waals surface area contributed by atoms with E-state index < -0.39 is 11.6 Å². The second-order valence-corrected chi connectivity index (χ2v) is 6.97. The highest BCUT2D eigenvalue weighted by Gasteiger charge is 2.27. The number of carbonyl (C=O) groups excluding carboxylic acids is 1. The molecule has 1 atom stereocenters. The Bertz CT molecular complexity index is 659. The van der Waals surface area contributed by atoms with E-state index in [1.54, 1.807) is 13.1 Å². The number of esters is 1. The van der Waals surface area contributed by atoms with E-state index in [2.05, 4.69) is 15.6 Å². The lowest BCUT2D eigenvalue weighted by Crippen LogP contribution is -2.46. The number of rotatable bonds is 6. The highest BCUT2D eigenvalue weighted by molar-refractivity contribution is 5.80. The van der Waals surface area contributed by atoms with Crippen LogP contribution in [0.15, 0.2) is 23.2 Å². The minimum absolute atomic E-state index is 0.00167. The number of halogens is 2. The van der Waals surface area contributed by atoms with Gasteiger partial charge in [0.2, 0.25) is 0 Å². The predicted octanol–water partition coefficient (Wildman–Crippen LogP) is 3.36. The maximum absolute atomic E-state index is 13.4. The first kappa shape index (κ1) is 21.1. The fourth-order valence-corrected chi connectivity index (χ4v) is 3.31. The molecule has 0 bridgehead atoms. The molecule has 2 rings (SSSR count). The molecule has 27 heavy (non-hydrogen) atoms. The zero-order chi connectivity index (χ0) is 19.8. The molecule has 1 aromatic carbocycles. The van der Waals surface area contributed by atoms with E-state index in [4.69, 9.17) is 4.74 Å². The second-order valence-electron chi connectivity index (χ2n) is 6.97. The summed E-state index contributed by atoms with van der Waals surface area (Å²) in [5.74, 6) is -1.11. The monoisotopic (exact) mass is 381 g/mol. The number of aliphatic imine (C=N–C) groups is 1. The molecule has 7 heteroatoms. The van der Waals surface area contributed by atoms with E-state index >= 15 is 0 Å². The Morgan fingerprint density at radius 2 is 1.96 bits per heavy atom. The third kappa shape index (κ3) is 6.19. The molecule has 2 N–H and O–H groups in total. The fourth-order valence-electron chi connectivity index (χ4n) is 3.31. The minimum atomic E-state index is -0.838. The Balaban J connectivity index is 1.79. The van der Waals surface area contributed by atoms with Gasteiger partial charge in [0.1, 0.15) is 0 Å². The van der Waals surface area contributed by atoms with E-state index in [1.807, 2.05) is 13.8 Å². The highest BCUT2D eigenvalue weighted by atomic mass is 19.2. The van der Waals surface area contributed by atoms with Gasteiger partial charge in [-0.25, -0.2) is 8.78 Å². The third-order valence-corrected chi connectivity index (χ3v) is 5.00. The number of guanidine groups is 1. The normalized spacial score (nSPS) is 21.4. The summed E-state index contributed by atoms with van der Waals surface area (Å²) in [6.45, 7) is 4.73. The Morgan fingerprint density at radius 1 is 1.26 bits per heavy atom. The fraction of sp³-hybridized carbons (Fsp3) is 0.600. The van der Waals surface area contributed by atoms with Gasteiger partial charge in [0, 0.05) is 19.6 Å². The topological polar surface area (TPSA) is 62.7 Å². The van der Waals surface area contributed by atoms with E-state index in [-0.39, 0.29) is 23.8 Å². The maximum atomic E-state index is 13.4. The average molecular weight is 381 g/mol. The Hall–Kier alpha value is -2.18. The first-order chi connectivity index (χ1) is 12.9. The van der Waals surface area contributed by atoms with Crippen LogP contribution in [-0.4, -0.2) is 38.2 Å². The van der Waals surface area contributed by atoms with E-state index in [0.717, 1.165) is 37.3 Å². The maximum Gasteiger partial charge on any atom is 0.308 e. The number of carbonyl (C=O) groups is 1. The Morgan fingerprint density at radius 3 is 2.56 bits per heavy atom. The molecule has 150 valence electrons. The first-order valence-electron chi connectivity index (χ1n) is 9.53. The van der Waals surface area contributed by atoms with Gasteiger partial charge in [-0.1, -0.05) is 13.0 Å². The van der Waals surface area contributed by atoms with Gasteiger partial charge in [0.05, 0.1) is 12.5 Å². The largest absolute Gasteiger partial charge is 0.466 e. The molecule has 0 aliphatic heterocycles. The summed E-state index contributed by atoms with van der Waals surface area (Å²) >= 11 is 0. The number of benzene rings is 1. The van der Waals surface area contributed by atoms with Crippen LogP contribution in [0.4, 0.5) is 8.78 Å². The van der Waals surface area contributed by atoms with Crippen molar-refractivity contribution in [2.24, 2.45) is 10.9 Å². The first-order valence-corrected chi connectivity index (χ1v) is 9.53. The Labute approximate surface area is 159 Å². The molecule has 1 aliphatic rings. The zero-order valence-corrected chi connectivity index (χ0v) is 16.2. The van der Waals surface area contributed by atoms with Gasteiger partial charge < -0.3 is 15.4 Å². The lowest BCUT2D eigenvalue weighted by Gasteiger charge is -2.29. The average Bonchev–Trinajstić information content (AvgIpc) is 2.67. The molecule has 5 nitrogen and oxygen atoms in total. The number of hydrogen-bond acceptors (Lipinski definition) is 3. The predicted molar refractivity (Wildman–Crippen MR) is 102 cm³/mol. The number of nitrogens with zero attached hydrogens (tertiary/aromatic N) is 1. The van der Waals surface area contributed by atoms with Gasteiger partial charge in [-0.3, -0.25) is 9.79 Å². The van der Waals surface area contributed by atoms with Crippen molar-refractivity contribution >= 4 is 11.9 Å². The molecule has 1 fully saturated rings. The van der Waals surface area contributed by atoms with Gasteiger partial charge in [0.25, 0.3) is 0 Å². The molecule has 1 aliphatic carbocycles. The summed E-state index contributed by atoms with van der Waals surface area (Å²) in [4.78, 5) is 16.0. The van der Waals surface area contributed by atoms with Crippen LogP contribution in [0.2, 0.25) is 0 Å². The van der Waals surface area contributed by atoms with Crippen molar-refractivity contribution in [3.63, 3.8) is 0 Å². The van der Waals surface area contributed by atoms with Crippen molar-refractivity contribution in [1.29, 1.82) is 0 Å². The smallest absolute Gasteiger partial charge is 0.308 e. The molecule has 0 aromatic heterocycles. The van der Waals surface area contributed by atoms with E-state index in [9.17, 15) is 13.6 Å². The van der Waals surface area contributed by atoms with Crippen molar-refractivity contribution in [2.75, 3.05) is 20.2 Å². The third-order valence-electron chi connectivity index (χ3n) is 5.00. The molecular weight excluding hydrogens is 352 g/mol. The molecule has 0 spiro atoms. The lowest BCUT2D eigenvalue weighted by atomic mass is 9.86. The van der Waals surface area contributed by atoms with Crippen molar-refractivity contribution < 1.29 is 18.3 Å². The molecule has 0 saturated heterocycles. The molecule has 0 radical (unpaired) electrons. The van der Waals surface area contributed by atoms with Crippen molar-refractivity contribution in [1.82, 2.24) is 10.6 Å². The van der Waals surface area contributed by atoms with E-state index in [0.29, 0.717) is 19.1 Å². The van der Waals surface area contributed by atoms with Crippen LogP contribution in [0.25, 0.3) is 0 Å². The molecule has 0 heterocycles. The summed E-state index contributed by atoms with van der Waals surface area (Å²) in [6.07, 6.45) is 3.36. The van der Waals surface area contributed by atoms with Crippen molar-refractivity contribution in [3.8, 4) is 0 Å². The summed E-state index contributed by atoms with van der Waals surface area (Å²) in [7, 11) is 1.70. The quantitative estimate of drug-likeness (QED) is 0.451. The van der Waals surface area contributed by atoms with Crippen molar-refractivity contribution in [2.45, 2.75) is 51.5 Å². The van der Waals surface area contributed by atoms with E-state index in [1.165, 1.54) is 6.07 Å². The number of hydrogen-bond donors (Lipinski definition) is 2. The van der Waals surface area contributed by atoms with Gasteiger partial charge in [-0.2, -0.15) is 0 Å². The second kappa shape index (κ2) is 10.2. The highest BCUT2D eigenvalue weighted by Crippen LogP contribution is 2.25. The Kier molecular flexibility index (Phi) is 8.00. The lowest BCUT2D eigenvalue weighted by molar-refractivity contribution is -0.149. The molecule has 0 amide bonds. The van der Waals surface area contributed by atoms with Gasteiger partial charge >= 0.3 is 5.97 Å². The van der Waals surface area contributed by atoms with Crippen LogP contribution < -0.4 is 10.6 Å². The van der Waals surface area contributed by atoms with Gasteiger partial charge in [-0.15, -0.1) is 0 Å². The SMILES string of the molecule is CCOC(=O)C1CCC(NC(=NC)NCC(C)c2ccc(F)c(F)c2)CC1. The van der Waals surface area contributed by atoms with Crippen LogP contribution in [0.1, 0.15) is 51.0 Å². The van der Waals surface area contributed by atoms with Crippen LogP contribution in [0.3, 0.4) is 0 Å². The summed E-state index contributed by atoms with van der Waals surface area (Å²) < 4.78 is 31.5. The number of nitrogens with one attached hydrogen (secondary N) is 2. The van der Waals surface area contributed by atoms with Crippen LogP contribution in [0.5, 0.6) is 0 Å². The van der Waals surface area contributed by atoms with Gasteiger partial charge in [-0.05, 0) is 56.2 Å². The molecule has 1 aromatic rings. The molecular formula is C20H29F2N3O2. The standard InChI is InChI=1S/C20H29F2N3O2/c1-4-27-19(26)14-5-8-16(9-6-14)25-20(23-3)24-12-13(2)15-7-10-17(21)18(22)11-15/h7,10-11,13-14,16H,4-6,8-9,12H2,1-3H3,(H2,23,24,25). The number of ether oxygens (including phenoxy) is 1. The summed E-state index contributed by atoms with van der Waals surface area (Å²) in [6, 6.07) is 4.22. The molecule has 1 saturated carbocycles. The summed E-state index contributed by atoms with van der Waals surface area (Å²) in [5.41, 5.74) is 0.729.